The van der Waals surface area contributed by atoms with Crippen LogP contribution in [0.4, 0.5) is 13.2 Å². The third-order valence-corrected chi connectivity index (χ3v) is 6.09. The molecule has 5 atom stereocenters. The maximum absolute atomic E-state index is 12.8. The maximum atomic E-state index is 12.8. The predicted octanol–water partition coefficient (Wildman–Crippen LogP) is -1.29. The molecule has 11 nitrogen and oxygen atoms in total. The largest absolute Gasteiger partial charge is 0.451 e. The van der Waals surface area contributed by atoms with Crippen LogP contribution < -0.4 is 16.0 Å². The Morgan fingerprint density at radius 1 is 1.22 bits per heavy atom. The Morgan fingerprint density at radius 2 is 1.84 bits per heavy atom. The van der Waals surface area contributed by atoms with Crippen molar-refractivity contribution in [3.8, 4) is 0 Å². The number of nitrogens with one attached hydrogen (secondary N) is 5. The van der Waals surface area contributed by atoms with Crippen LogP contribution in [0.25, 0.3) is 0 Å². The van der Waals surface area contributed by atoms with Gasteiger partial charge in [0.25, 0.3) is 0 Å². The molecule has 8 N–H and O–H groups in total. The van der Waals surface area contributed by atoms with Gasteiger partial charge in [-0.1, -0.05) is 0 Å². The lowest BCUT2D eigenvalue weighted by Crippen LogP contribution is -2.81. The molecule has 3 saturated heterocycles. The number of nitrogens with zero attached hydrogens (tertiary/aromatic N) is 1. The maximum Gasteiger partial charge on any atom is 0.416 e. The van der Waals surface area contributed by atoms with Gasteiger partial charge in [-0.25, -0.2) is 4.79 Å². The predicted molar refractivity (Wildman–Crippen MR) is 101 cm³/mol. The highest BCUT2D eigenvalue weighted by molar-refractivity contribution is 5.90. The smallest absolute Gasteiger partial charge is 0.416 e. The number of hydrogen-bond acceptors (Lipinski definition) is 7. The van der Waals surface area contributed by atoms with Crippen molar-refractivity contribution < 1.29 is 38.0 Å². The number of benzene rings is 1. The Kier molecular flexibility index (Phi) is 4.80. The molecule has 4 rings (SSSR count). The molecule has 0 aromatic heterocycles. The molecule has 0 saturated carbocycles. The molecule has 1 spiro atoms. The molecular formula is C18H21F3N6O5. The first-order valence-corrected chi connectivity index (χ1v) is 9.56. The molecule has 1 aromatic rings. The van der Waals surface area contributed by atoms with E-state index in [1.165, 1.54) is 11.8 Å². The lowest BCUT2D eigenvalue weighted by Gasteiger charge is -2.51. The molecule has 1 aromatic carbocycles. The molecule has 0 aliphatic carbocycles. The summed E-state index contributed by atoms with van der Waals surface area (Å²) < 4.78 is 43.6. The second-order valence-electron chi connectivity index (χ2n) is 7.91. The minimum atomic E-state index is -4.59. The number of aliphatic hydroxyl groups is 3. The Bertz CT molecular complexity index is 971. The van der Waals surface area contributed by atoms with Gasteiger partial charge in [0.15, 0.2) is 23.7 Å². The van der Waals surface area contributed by atoms with E-state index in [0.29, 0.717) is 12.1 Å². The number of alkyl halides is 3. The van der Waals surface area contributed by atoms with E-state index in [4.69, 9.17) is 15.6 Å². The van der Waals surface area contributed by atoms with Crippen LogP contribution in [0.15, 0.2) is 24.3 Å². The van der Waals surface area contributed by atoms with Crippen molar-refractivity contribution in [2.24, 2.45) is 0 Å². The van der Waals surface area contributed by atoms with E-state index in [1.807, 2.05) is 0 Å². The number of carbonyl (C=O) groups is 1. The number of hydrogen-bond donors (Lipinski definition) is 8. The van der Waals surface area contributed by atoms with Crippen LogP contribution in [0.1, 0.15) is 22.8 Å². The minimum Gasteiger partial charge on any atom is -0.451 e. The molecule has 14 heteroatoms. The third-order valence-electron chi connectivity index (χ3n) is 6.09. The number of rotatable bonds is 3. The lowest BCUT2D eigenvalue weighted by molar-refractivity contribution is -0.258. The lowest BCUT2D eigenvalue weighted by atomic mass is 9.85. The van der Waals surface area contributed by atoms with Gasteiger partial charge in [0.2, 0.25) is 5.79 Å². The van der Waals surface area contributed by atoms with Crippen LogP contribution >= 0.6 is 0 Å². The molecule has 3 aliphatic heterocycles. The summed E-state index contributed by atoms with van der Waals surface area (Å²) in [6.45, 7) is 0.946. The van der Waals surface area contributed by atoms with Crippen LogP contribution in [-0.2, 0) is 10.9 Å². The Labute approximate surface area is 179 Å². The number of esters is 1. The molecule has 3 fully saturated rings. The van der Waals surface area contributed by atoms with Gasteiger partial charge >= 0.3 is 12.1 Å². The van der Waals surface area contributed by atoms with Crippen molar-refractivity contribution in [3.63, 3.8) is 0 Å². The van der Waals surface area contributed by atoms with E-state index in [0.717, 1.165) is 12.1 Å². The third kappa shape index (κ3) is 2.90. The monoisotopic (exact) mass is 458 g/mol. The van der Waals surface area contributed by atoms with Gasteiger partial charge in [-0.15, -0.1) is 0 Å². The highest BCUT2D eigenvalue weighted by atomic mass is 19.4. The van der Waals surface area contributed by atoms with Gasteiger partial charge in [-0.3, -0.25) is 10.8 Å². The first kappa shape index (κ1) is 22.1. The summed E-state index contributed by atoms with van der Waals surface area (Å²) >= 11 is 0. The summed E-state index contributed by atoms with van der Waals surface area (Å²) in [5, 5.41) is 56.2. The summed E-state index contributed by atoms with van der Waals surface area (Å²) in [5.41, 5.74) is -3.15. The van der Waals surface area contributed by atoms with Gasteiger partial charge in [0.05, 0.1) is 35.9 Å². The van der Waals surface area contributed by atoms with E-state index in [1.54, 1.807) is 0 Å². The normalized spacial score (nSPS) is 33.0. The Balaban J connectivity index is 1.67. The fraction of sp³-hybridized carbons (Fsp3) is 0.500. The fourth-order valence-electron chi connectivity index (χ4n) is 4.69. The van der Waals surface area contributed by atoms with Crippen molar-refractivity contribution in [1.29, 1.82) is 10.8 Å². The zero-order chi connectivity index (χ0) is 23.6. The van der Waals surface area contributed by atoms with Gasteiger partial charge in [0, 0.05) is 0 Å². The van der Waals surface area contributed by atoms with Crippen LogP contribution in [0.5, 0.6) is 0 Å². The van der Waals surface area contributed by atoms with Crippen molar-refractivity contribution in [3.05, 3.63) is 35.4 Å². The summed E-state index contributed by atoms with van der Waals surface area (Å²) in [6, 6.07) is 0.314. The number of carbonyl (C=O) groups excluding carboxylic acids is 1. The molecule has 32 heavy (non-hydrogen) atoms. The highest BCUT2D eigenvalue weighted by Crippen LogP contribution is 2.47. The van der Waals surface area contributed by atoms with E-state index < -0.39 is 60.0 Å². The first-order chi connectivity index (χ1) is 14.8. The second-order valence-corrected chi connectivity index (χ2v) is 7.91. The van der Waals surface area contributed by atoms with E-state index in [9.17, 15) is 33.3 Å². The summed E-state index contributed by atoms with van der Waals surface area (Å²) in [5.74, 6) is -4.58. The van der Waals surface area contributed by atoms with Gasteiger partial charge < -0.3 is 40.9 Å². The Hall–Kier alpha value is -3.10. The molecule has 0 unspecified atom stereocenters. The molecule has 174 valence electrons. The van der Waals surface area contributed by atoms with E-state index in [-0.39, 0.29) is 17.5 Å². The SMILES string of the molecule is C[C@H]1[C@H](OC(=O)c2ccc(C(F)(F)F)cc2)C(O)(O)[C@]23NC(=N)N[C@H]2[C@H](CO)NC(=N)N13. The molecule has 0 radical (unpaired) electrons. The zero-order valence-electron chi connectivity index (χ0n) is 16.6. The topological polar surface area (TPSA) is 174 Å². The van der Waals surface area contributed by atoms with Crippen molar-refractivity contribution in [1.82, 2.24) is 20.9 Å². The molecular weight excluding hydrogens is 437 g/mol. The Morgan fingerprint density at radius 3 is 2.41 bits per heavy atom. The van der Waals surface area contributed by atoms with Crippen molar-refractivity contribution in [2.75, 3.05) is 6.61 Å². The molecule has 3 heterocycles. The first-order valence-electron chi connectivity index (χ1n) is 9.56. The average molecular weight is 458 g/mol. The molecule has 0 amide bonds. The summed E-state index contributed by atoms with van der Waals surface area (Å²) in [7, 11) is 0. The van der Waals surface area contributed by atoms with E-state index in [2.05, 4.69) is 16.0 Å². The zero-order valence-corrected chi connectivity index (χ0v) is 16.6. The number of guanidine groups is 2. The summed E-state index contributed by atoms with van der Waals surface area (Å²) in [6.07, 6.45) is -6.26. The second kappa shape index (κ2) is 6.95. The van der Waals surface area contributed by atoms with Crippen LogP contribution in [0, 0.1) is 10.8 Å². The number of halogens is 3. The van der Waals surface area contributed by atoms with Gasteiger partial charge in [-0.2, -0.15) is 13.2 Å². The quantitative estimate of drug-likeness (QED) is 0.202. The van der Waals surface area contributed by atoms with Crippen molar-refractivity contribution >= 4 is 17.9 Å². The van der Waals surface area contributed by atoms with E-state index >= 15 is 0 Å². The average Bonchev–Trinajstić information content (AvgIpc) is 3.15. The molecule has 0 bridgehead atoms. The van der Waals surface area contributed by atoms with Crippen molar-refractivity contribution in [2.45, 2.75) is 48.8 Å². The van der Waals surface area contributed by atoms with Gasteiger partial charge in [0.1, 0.15) is 0 Å². The standard InChI is InChI=1S/C18H21F3N6O5/c1-7-12(32-13(29)8-2-4-9(5-3-8)18(19,20)21)17(30,31)16-11(25-14(22)26-16)10(6-28)24-15(23)27(7)16/h2-5,7,10-12,28,30-31H,6H2,1H3,(H2,23,24)(H3,22,25,26)/t7-,10-,11-,12-,16-/m0/s1. The van der Waals surface area contributed by atoms with Crippen LogP contribution in [0.2, 0.25) is 0 Å². The number of aliphatic hydroxyl groups excluding tert-OH is 1. The fourth-order valence-corrected chi connectivity index (χ4v) is 4.69. The van der Waals surface area contributed by atoms with Gasteiger partial charge in [-0.05, 0) is 31.2 Å². The van der Waals surface area contributed by atoms with Crippen LogP contribution in [0.3, 0.4) is 0 Å². The highest BCUT2D eigenvalue weighted by Gasteiger charge is 2.77. The minimum absolute atomic E-state index is 0.244. The number of ether oxygens (including phenoxy) is 1. The van der Waals surface area contributed by atoms with Crippen LogP contribution in [-0.4, -0.2) is 80.4 Å². The summed E-state index contributed by atoms with van der Waals surface area (Å²) in [4.78, 5) is 13.8. The molecule has 3 aliphatic rings.